The first-order valence-electron chi connectivity index (χ1n) is 11.2. The van der Waals surface area contributed by atoms with E-state index >= 15 is 4.39 Å². The predicted molar refractivity (Wildman–Crippen MR) is 124 cm³/mol. The molecule has 36 heavy (non-hydrogen) atoms. The van der Waals surface area contributed by atoms with Gasteiger partial charge in [0.2, 0.25) is 6.36 Å². The molecule has 1 aliphatic rings. The fourth-order valence-electron chi connectivity index (χ4n) is 3.71. The lowest BCUT2D eigenvalue weighted by Gasteiger charge is -2.41. The van der Waals surface area contributed by atoms with Crippen molar-refractivity contribution in [3.63, 3.8) is 0 Å². The van der Waals surface area contributed by atoms with Gasteiger partial charge < -0.3 is 24.1 Å². The first kappa shape index (κ1) is 25.0. The van der Waals surface area contributed by atoms with Crippen LogP contribution in [-0.4, -0.2) is 60.4 Å². The molecule has 0 amide bonds. The van der Waals surface area contributed by atoms with Gasteiger partial charge in [-0.2, -0.15) is 0 Å². The molecule has 0 spiro atoms. The number of halogens is 1. The summed E-state index contributed by atoms with van der Waals surface area (Å²) in [5.41, 5.74) is 0.434. The van der Waals surface area contributed by atoms with E-state index < -0.39 is 55.3 Å². The van der Waals surface area contributed by atoms with Crippen molar-refractivity contribution in [1.29, 1.82) is 0 Å². The zero-order valence-electron chi connectivity index (χ0n) is 18.9. The highest BCUT2D eigenvalue weighted by Crippen LogP contribution is 2.31. The minimum Gasteiger partial charge on any atom is -0.452 e. The smallest absolute Gasteiger partial charge is 0.338 e. The Bertz CT molecular complexity index is 1170. The Morgan fingerprint density at radius 2 is 1.00 bits per heavy atom. The fourth-order valence-corrected chi connectivity index (χ4v) is 3.71. The van der Waals surface area contributed by atoms with Crippen LogP contribution in [0, 0.1) is 0 Å². The number of hydrogen-bond donors (Lipinski definition) is 1. The van der Waals surface area contributed by atoms with Gasteiger partial charge in [0.15, 0.2) is 18.3 Å². The highest BCUT2D eigenvalue weighted by Gasteiger charge is 2.52. The number of alkyl halides is 1. The molecule has 3 aromatic rings. The zero-order valence-corrected chi connectivity index (χ0v) is 18.9. The fraction of sp³-hybridized carbons (Fsp3) is 0.222. The van der Waals surface area contributed by atoms with Crippen LogP contribution >= 0.6 is 0 Å². The summed E-state index contributed by atoms with van der Waals surface area (Å²) in [6.45, 7) is -0.758. The highest BCUT2D eigenvalue weighted by molar-refractivity contribution is 5.91. The Kier molecular flexibility index (Phi) is 8.04. The summed E-state index contributed by atoms with van der Waals surface area (Å²) in [5.74, 6) is -2.59. The van der Waals surface area contributed by atoms with Gasteiger partial charge in [0, 0.05) is 0 Å². The summed E-state index contributed by atoms with van der Waals surface area (Å²) in [5, 5.41) is 9.85. The van der Waals surface area contributed by atoms with E-state index in [1.807, 2.05) is 0 Å². The molecule has 1 saturated heterocycles. The highest BCUT2D eigenvalue weighted by atomic mass is 19.1. The molecule has 0 aromatic heterocycles. The van der Waals surface area contributed by atoms with Gasteiger partial charge in [-0.1, -0.05) is 54.6 Å². The molecule has 3 aromatic carbocycles. The summed E-state index contributed by atoms with van der Waals surface area (Å²) in [6, 6.07) is 23.6. The SMILES string of the molecule is O=C(OC1C(F)OC(CO)C(OC(=O)c2ccccc2)C1OC(=O)c1ccccc1)c1ccccc1. The Morgan fingerprint density at radius 1 is 0.639 bits per heavy atom. The number of ether oxygens (including phenoxy) is 4. The maximum atomic E-state index is 15.2. The Morgan fingerprint density at radius 3 is 1.39 bits per heavy atom. The van der Waals surface area contributed by atoms with Crippen LogP contribution in [0.5, 0.6) is 0 Å². The van der Waals surface area contributed by atoms with Gasteiger partial charge in [-0.25, -0.2) is 18.8 Å². The maximum absolute atomic E-state index is 15.2. The minimum absolute atomic E-state index is 0.125. The monoisotopic (exact) mass is 494 g/mol. The van der Waals surface area contributed by atoms with E-state index in [0.717, 1.165) is 0 Å². The van der Waals surface area contributed by atoms with Gasteiger partial charge in [-0.15, -0.1) is 0 Å². The molecule has 5 unspecified atom stereocenters. The second-order valence-corrected chi connectivity index (χ2v) is 7.92. The summed E-state index contributed by atoms with van der Waals surface area (Å²) in [6.07, 6.45) is -8.58. The van der Waals surface area contributed by atoms with Crippen LogP contribution < -0.4 is 0 Å². The van der Waals surface area contributed by atoms with Gasteiger partial charge in [0.05, 0.1) is 23.3 Å². The van der Waals surface area contributed by atoms with Crippen LogP contribution in [0.3, 0.4) is 0 Å². The van der Waals surface area contributed by atoms with Crippen LogP contribution in [0.25, 0.3) is 0 Å². The summed E-state index contributed by atoms with van der Waals surface area (Å²) in [7, 11) is 0. The number of aliphatic hydroxyl groups is 1. The Labute approximate surface area is 206 Å². The lowest BCUT2D eigenvalue weighted by molar-refractivity contribution is -0.261. The Balaban J connectivity index is 1.66. The summed E-state index contributed by atoms with van der Waals surface area (Å²) >= 11 is 0. The number of carbonyl (C=O) groups is 3. The molecule has 1 fully saturated rings. The molecule has 186 valence electrons. The second kappa shape index (κ2) is 11.6. The summed E-state index contributed by atoms with van der Waals surface area (Å²) in [4.78, 5) is 38.4. The third-order valence-electron chi connectivity index (χ3n) is 5.51. The topological polar surface area (TPSA) is 108 Å². The van der Waals surface area contributed by atoms with E-state index in [0.29, 0.717) is 0 Å². The average molecular weight is 494 g/mol. The molecule has 9 heteroatoms. The lowest BCUT2D eigenvalue weighted by atomic mass is 9.98. The lowest BCUT2D eigenvalue weighted by Crippen LogP contribution is -2.61. The molecule has 0 saturated carbocycles. The van der Waals surface area contributed by atoms with E-state index in [1.54, 1.807) is 54.6 Å². The van der Waals surface area contributed by atoms with Crippen molar-refractivity contribution < 1.29 is 42.8 Å². The van der Waals surface area contributed by atoms with Gasteiger partial charge in [-0.05, 0) is 36.4 Å². The van der Waals surface area contributed by atoms with Gasteiger partial charge in [0.25, 0.3) is 0 Å². The molecule has 1 aliphatic heterocycles. The molecule has 5 atom stereocenters. The van der Waals surface area contributed by atoms with Crippen LogP contribution in [0.1, 0.15) is 31.1 Å². The molecule has 0 radical (unpaired) electrons. The van der Waals surface area contributed by atoms with Crippen LogP contribution in [0.15, 0.2) is 91.0 Å². The van der Waals surface area contributed by atoms with Crippen LogP contribution in [0.2, 0.25) is 0 Å². The molecule has 4 rings (SSSR count). The number of carbonyl (C=O) groups excluding carboxylic acids is 3. The maximum Gasteiger partial charge on any atom is 0.338 e. The van der Waals surface area contributed by atoms with Crippen LogP contribution in [-0.2, 0) is 18.9 Å². The normalized spacial score (nSPS) is 23.3. The van der Waals surface area contributed by atoms with Crippen molar-refractivity contribution in [2.45, 2.75) is 30.8 Å². The third kappa shape index (κ3) is 5.76. The molecule has 0 aliphatic carbocycles. The number of rotatable bonds is 7. The molecule has 1 N–H and O–H groups in total. The zero-order chi connectivity index (χ0) is 25.5. The largest absolute Gasteiger partial charge is 0.452 e. The summed E-state index contributed by atoms with van der Waals surface area (Å²) < 4.78 is 36.8. The van der Waals surface area contributed by atoms with Crippen molar-refractivity contribution in [2.24, 2.45) is 0 Å². The van der Waals surface area contributed by atoms with Crippen molar-refractivity contribution >= 4 is 17.9 Å². The van der Waals surface area contributed by atoms with Crippen molar-refractivity contribution in [3.05, 3.63) is 108 Å². The second-order valence-electron chi connectivity index (χ2n) is 7.92. The quantitative estimate of drug-likeness (QED) is 0.394. The van der Waals surface area contributed by atoms with Crippen LogP contribution in [0.4, 0.5) is 4.39 Å². The number of esters is 3. The van der Waals surface area contributed by atoms with Crippen molar-refractivity contribution in [3.8, 4) is 0 Å². The number of benzene rings is 3. The van der Waals surface area contributed by atoms with Gasteiger partial charge in [0.1, 0.15) is 6.10 Å². The standard InChI is InChI=1S/C27H23FO8/c28-24-23(36-27(32)19-14-8-3-9-15-19)22(35-26(31)18-12-6-2-7-13-18)21(20(16-29)33-24)34-25(30)17-10-4-1-5-11-17/h1-15,20-24,29H,16H2. The first-order chi connectivity index (χ1) is 17.5. The van der Waals surface area contributed by atoms with E-state index in [4.69, 9.17) is 18.9 Å². The molecular weight excluding hydrogens is 471 g/mol. The molecule has 8 nitrogen and oxygen atoms in total. The van der Waals surface area contributed by atoms with Crippen molar-refractivity contribution in [1.82, 2.24) is 0 Å². The van der Waals surface area contributed by atoms with Crippen molar-refractivity contribution in [2.75, 3.05) is 6.61 Å². The van der Waals surface area contributed by atoms with Gasteiger partial charge in [-0.3, -0.25) is 0 Å². The number of hydrogen-bond acceptors (Lipinski definition) is 8. The van der Waals surface area contributed by atoms with E-state index in [-0.39, 0.29) is 16.7 Å². The molecule has 1 heterocycles. The van der Waals surface area contributed by atoms with E-state index in [1.165, 1.54) is 36.4 Å². The van der Waals surface area contributed by atoms with E-state index in [2.05, 4.69) is 0 Å². The number of aliphatic hydroxyl groups excluding tert-OH is 1. The Hall–Kier alpha value is -4.08. The minimum atomic E-state index is -2.28. The molecule has 0 bridgehead atoms. The molecular formula is C27H23FO8. The third-order valence-corrected chi connectivity index (χ3v) is 5.51. The first-order valence-corrected chi connectivity index (χ1v) is 11.2. The average Bonchev–Trinajstić information content (AvgIpc) is 2.93. The predicted octanol–water partition coefficient (Wildman–Crippen LogP) is 3.35. The van der Waals surface area contributed by atoms with Gasteiger partial charge >= 0.3 is 17.9 Å². The van der Waals surface area contributed by atoms with E-state index in [9.17, 15) is 19.5 Å².